The summed E-state index contributed by atoms with van der Waals surface area (Å²) in [6, 6.07) is 6.39. The summed E-state index contributed by atoms with van der Waals surface area (Å²) in [5.74, 6) is 1.72. The predicted molar refractivity (Wildman–Crippen MR) is 86.3 cm³/mol. The maximum atomic E-state index is 11.4. The van der Waals surface area contributed by atoms with Crippen LogP contribution in [-0.4, -0.2) is 45.1 Å². The Labute approximate surface area is 137 Å². The van der Waals surface area contributed by atoms with Crippen LogP contribution in [0.5, 0.6) is 5.75 Å². The maximum absolute atomic E-state index is 11.4. The van der Waals surface area contributed by atoms with E-state index in [4.69, 9.17) is 4.74 Å². The maximum Gasteiger partial charge on any atom is 0.175 e. The predicted octanol–water partition coefficient (Wildman–Crippen LogP) is 1.25. The number of rotatable bonds is 3. The molecular weight excluding hydrogens is 326 g/mol. The number of halogens is 1. The van der Waals surface area contributed by atoms with Gasteiger partial charge in [-0.3, -0.25) is 0 Å². The van der Waals surface area contributed by atoms with Gasteiger partial charge in [-0.2, -0.15) is 0 Å². The minimum Gasteiger partial charge on any atom is -0.488 e. The van der Waals surface area contributed by atoms with Crippen LogP contribution in [-0.2, 0) is 9.84 Å². The number of hydrogen-bond acceptors (Lipinski definition) is 5. The molecule has 0 radical (unpaired) electrons. The zero-order valence-corrected chi connectivity index (χ0v) is 14.1. The topological polar surface area (TPSA) is 75.6 Å². The fourth-order valence-electron chi connectivity index (χ4n) is 3.32. The van der Waals surface area contributed by atoms with Crippen molar-refractivity contribution in [3.05, 3.63) is 24.3 Å². The number of benzene rings is 1. The summed E-state index contributed by atoms with van der Waals surface area (Å²) in [7, 11) is -3.19. The van der Waals surface area contributed by atoms with E-state index in [1.807, 2.05) is 0 Å². The first-order valence-corrected chi connectivity index (χ1v) is 9.18. The van der Waals surface area contributed by atoms with Gasteiger partial charge in [0.15, 0.2) is 9.84 Å². The lowest BCUT2D eigenvalue weighted by atomic mass is 9.78. The van der Waals surface area contributed by atoms with Crippen molar-refractivity contribution in [1.29, 1.82) is 0 Å². The van der Waals surface area contributed by atoms with E-state index in [9.17, 15) is 13.5 Å². The second kappa shape index (κ2) is 6.74. The SMILES string of the molecule is CS(=O)(=O)c1ccc(O[C@@H]2C[C@@H]3CNC[C@@H]3C[C@H]2O)cc1.Cl. The van der Waals surface area contributed by atoms with E-state index < -0.39 is 15.9 Å². The smallest absolute Gasteiger partial charge is 0.175 e. The van der Waals surface area contributed by atoms with E-state index in [-0.39, 0.29) is 23.4 Å². The monoisotopic (exact) mass is 347 g/mol. The summed E-state index contributed by atoms with van der Waals surface area (Å²) < 4.78 is 28.7. The Morgan fingerprint density at radius 3 is 2.32 bits per heavy atom. The van der Waals surface area contributed by atoms with Crippen LogP contribution in [0, 0.1) is 11.8 Å². The molecule has 22 heavy (non-hydrogen) atoms. The van der Waals surface area contributed by atoms with Gasteiger partial charge in [-0.25, -0.2) is 8.42 Å². The Kier molecular flexibility index (Phi) is 5.37. The molecule has 1 saturated carbocycles. The fraction of sp³-hybridized carbons (Fsp3) is 0.600. The van der Waals surface area contributed by atoms with Gasteiger partial charge in [0.25, 0.3) is 0 Å². The fourth-order valence-corrected chi connectivity index (χ4v) is 3.95. The summed E-state index contributed by atoms with van der Waals surface area (Å²) in [5, 5.41) is 13.6. The molecule has 7 heteroatoms. The highest BCUT2D eigenvalue weighted by molar-refractivity contribution is 7.90. The van der Waals surface area contributed by atoms with Crippen LogP contribution in [0.15, 0.2) is 29.2 Å². The minimum absolute atomic E-state index is 0. The molecule has 1 heterocycles. The molecular formula is C15H22ClNO4S. The summed E-state index contributed by atoms with van der Waals surface area (Å²) in [6.07, 6.45) is 2.12. The second-order valence-corrected chi connectivity index (χ2v) is 8.13. The third-order valence-electron chi connectivity index (χ3n) is 4.53. The molecule has 1 aliphatic carbocycles. The normalized spacial score (nSPS) is 31.2. The van der Waals surface area contributed by atoms with Gasteiger partial charge in [-0.15, -0.1) is 12.4 Å². The van der Waals surface area contributed by atoms with Crippen molar-refractivity contribution in [3.8, 4) is 5.75 Å². The highest BCUT2D eigenvalue weighted by Gasteiger charge is 2.39. The van der Waals surface area contributed by atoms with E-state index in [1.54, 1.807) is 24.3 Å². The van der Waals surface area contributed by atoms with Crippen LogP contribution in [0.1, 0.15) is 12.8 Å². The van der Waals surface area contributed by atoms with Crippen molar-refractivity contribution in [1.82, 2.24) is 5.32 Å². The number of hydrogen-bond donors (Lipinski definition) is 2. The molecule has 0 unspecified atom stereocenters. The van der Waals surface area contributed by atoms with Crippen molar-refractivity contribution in [2.75, 3.05) is 19.3 Å². The van der Waals surface area contributed by atoms with Crippen molar-refractivity contribution >= 4 is 22.2 Å². The van der Waals surface area contributed by atoms with Gasteiger partial charge in [-0.05, 0) is 62.0 Å². The van der Waals surface area contributed by atoms with Crippen molar-refractivity contribution in [2.24, 2.45) is 11.8 Å². The average molecular weight is 348 g/mol. The van der Waals surface area contributed by atoms with E-state index in [2.05, 4.69) is 5.32 Å². The highest BCUT2D eigenvalue weighted by Crippen LogP contribution is 2.34. The number of sulfone groups is 1. The molecule has 1 aromatic rings. The number of aliphatic hydroxyl groups is 1. The molecule has 5 nitrogen and oxygen atoms in total. The third-order valence-corrected chi connectivity index (χ3v) is 5.66. The first kappa shape index (κ1) is 17.5. The van der Waals surface area contributed by atoms with E-state index in [0.717, 1.165) is 25.9 Å². The molecule has 4 atom stereocenters. The van der Waals surface area contributed by atoms with Crippen LogP contribution < -0.4 is 10.1 Å². The molecule has 0 spiro atoms. The van der Waals surface area contributed by atoms with Crippen LogP contribution in [0.25, 0.3) is 0 Å². The molecule has 2 fully saturated rings. The molecule has 1 aliphatic heterocycles. The average Bonchev–Trinajstić information content (AvgIpc) is 2.86. The van der Waals surface area contributed by atoms with E-state index in [1.165, 1.54) is 6.26 Å². The summed E-state index contributed by atoms with van der Waals surface area (Å²) in [5.41, 5.74) is 0. The first-order chi connectivity index (χ1) is 9.93. The number of aliphatic hydroxyl groups excluding tert-OH is 1. The van der Waals surface area contributed by atoms with Crippen molar-refractivity contribution in [2.45, 2.75) is 29.9 Å². The number of fused-ring (bicyclic) bond motifs is 1. The van der Waals surface area contributed by atoms with Crippen molar-refractivity contribution in [3.63, 3.8) is 0 Å². The lowest BCUT2D eigenvalue weighted by molar-refractivity contribution is -0.0231. The van der Waals surface area contributed by atoms with Gasteiger partial charge in [0.2, 0.25) is 0 Å². The molecule has 0 bridgehead atoms. The molecule has 0 aromatic heterocycles. The lowest BCUT2D eigenvalue weighted by Gasteiger charge is -2.35. The second-order valence-electron chi connectivity index (χ2n) is 6.12. The van der Waals surface area contributed by atoms with Crippen LogP contribution in [0.3, 0.4) is 0 Å². The Bertz CT molecular complexity index is 604. The largest absolute Gasteiger partial charge is 0.488 e. The van der Waals surface area contributed by atoms with Crippen LogP contribution in [0.2, 0.25) is 0 Å². The highest BCUT2D eigenvalue weighted by atomic mass is 35.5. The first-order valence-electron chi connectivity index (χ1n) is 7.29. The van der Waals surface area contributed by atoms with Gasteiger partial charge >= 0.3 is 0 Å². The van der Waals surface area contributed by atoms with Crippen LogP contribution >= 0.6 is 12.4 Å². The van der Waals surface area contributed by atoms with E-state index in [0.29, 0.717) is 17.6 Å². The quantitative estimate of drug-likeness (QED) is 0.860. The van der Waals surface area contributed by atoms with Crippen molar-refractivity contribution < 1.29 is 18.3 Å². The standard InChI is InChI=1S/C15H21NO4S.ClH/c1-21(18,19)13-4-2-12(3-5-13)20-15-7-11-9-16-8-10(11)6-14(15)17;/h2-5,10-11,14-17H,6-9H2,1H3;1H/t10-,11+,14+,15+;/m0./s1. The summed E-state index contributed by atoms with van der Waals surface area (Å²) in [6.45, 7) is 1.97. The molecule has 2 aliphatic rings. The molecule has 1 aromatic carbocycles. The van der Waals surface area contributed by atoms with Gasteiger partial charge in [0, 0.05) is 6.26 Å². The Morgan fingerprint density at radius 1 is 1.14 bits per heavy atom. The number of ether oxygens (including phenoxy) is 1. The summed E-state index contributed by atoms with van der Waals surface area (Å²) in [4.78, 5) is 0.277. The summed E-state index contributed by atoms with van der Waals surface area (Å²) >= 11 is 0. The molecule has 0 amide bonds. The zero-order chi connectivity index (χ0) is 15.0. The Balaban J connectivity index is 0.00000176. The van der Waals surface area contributed by atoms with Gasteiger partial charge in [0.1, 0.15) is 11.9 Å². The van der Waals surface area contributed by atoms with Gasteiger partial charge in [-0.1, -0.05) is 0 Å². The van der Waals surface area contributed by atoms with Gasteiger partial charge < -0.3 is 15.2 Å². The molecule has 2 N–H and O–H groups in total. The third kappa shape index (κ3) is 3.74. The minimum atomic E-state index is -3.19. The van der Waals surface area contributed by atoms with E-state index >= 15 is 0 Å². The van der Waals surface area contributed by atoms with Gasteiger partial charge in [0.05, 0.1) is 11.0 Å². The molecule has 124 valence electrons. The Morgan fingerprint density at radius 2 is 1.73 bits per heavy atom. The number of nitrogens with one attached hydrogen (secondary N) is 1. The molecule has 1 saturated heterocycles. The van der Waals surface area contributed by atoms with Crippen LogP contribution in [0.4, 0.5) is 0 Å². The Hall–Kier alpha value is -0.820. The zero-order valence-electron chi connectivity index (χ0n) is 12.4. The molecule has 3 rings (SSSR count). The lowest BCUT2D eigenvalue weighted by Crippen LogP contribution is -2.42.